The number of rotatable bonds is 7. The first-order valence-corrected chi connectivity index (χ1v) is 9.31. The molecule has 0 amide bonds. The maximum absolute atomic E-state index is 6.16. The SMILES string of the molecule is CCN(CC)c1ccc(Nc2cnnc(Nc3ccc(C)c(Cl)c3)n2)cc1. The number of benzene rings is 2. The lowest BCUT2D eigenvalue weighted by molar-refractivity contribution is 0.866. The summed E-state index contributed by atoms with van der Waals surface area (Å²) in [4.78, 5) is 6.75. The molecule has 0 aliphatic rings. The van der Waals surface area contributed by atoms with Crippen molar-refractivity contribution < 1.29 is 0 Å². The molecule has 0 atom stereocenters. The van der Waals surface area contributed by atoms with Crippen LogP contribution in [0.2, 0.25) is 5.02 Å². The average Bonchev–Trinajstić information content (AvgIpc) is 2.67. The largest absolute Gasteiger partial charge is 0.372 e. The Balaban J connectivity index is 1.71. The second-order valence-corrected chi connectivity index (χ2v) is 6.51. The van der Waals surface area contributed by atoms with Crippen molar-refractivity contribution >= 4 is 40.4 Å². The molecule has 0 saturated carbocycles. The molecule has 0 bridgehead atoms. The number of hydrogen-bond acceptors (Lipinski definition) is 6. The van der Waals surface area contributed by atoms with Gasteiger partial charge >= 0.3 is 0 Å². The number of anilines is 5. The number of hydrogen-bond donors (Lipinski definition) is 2. The summed E-state index contributed by atoms with van der Waals surface area (Å²) in [6.45, 7) is 8.23. The molecule has 1 heterocycles. The van der Waals surface area contributed by atoms with E-state index in [1.165, 1.54) is 5.69 Å². The summed E-state index contributed by atoms with van der Waals surface area (Å²) in [7, 11) is 0. The number of halogens is 1. The molecular weight excluding hydrogens is 360 g/mol. The minimum atomic E-state index is 0.402. The van der Waals surface area contributed by atoms with Crippen LogP contribution in [0.3, 0.4) is 0 Å². The predicted molar refractivity (Wildman–Crippen MR) is 113 cm³/mol. The van der Waals surface area contributed by atoms with Crippen molar-refractivity contribution in [2.24, 2.45) is 0 Å². The highest BCUT2D eigenvalue weighted by Crippen LogP contribution is 2.23. The van der Waals surface area contributed by atoms with E-state index >= 15 is 0 Å². The number of nitrogens with one attached hydrogen (secondary N) is 2. The van der Waals surface area contributed by atoms with Gasteiger partial charge in [0, 0.05) is 35.2 Å². The lowest BCUT2D eigenvalue weighted by atomic mass is 10.2. The topological polar surface area (TPSA) is 66.0 Å². The minimum Gasteiger partial charge on any atom is -0.372 e. The molecule has 3 aromatic rings. The normalized spacial score (nSPS) is 10.5. The third-order valence-electron chi connectivity index (χ3n) is 4.26. The van der Waals surface area contributed by atoms with Gasteiger partial charge in [-0.3, -0.25) is 0 Å². The van der Waals surface area contributed by atoms with Crippen molar-refractivity contribution in [3.05, 3.63) is 59.2 Å². The van der Waals surface area contributed by atoms with Gasteiger partial charge < -0.3 is 15.5 Å². The van der Waals surface area contributed by atoms with Crippen molar-refractivity contribution in [1.82, 2.24) is 15.2 Å². The van der Waals surface area contributed by atoms with Crippen LogP contribution in [-0.4, -0.2) is 28.3 Å². The quantitative estimate of drug-likeness (QED) is 0.587. The van der Waals surface area contributed by atoms with Crippen LogP contribution >= 0.6 is 11.6 Å². The Morgan fingerprint density at radius 2 is 1.67 bits per heavy atom. The van der Waals surface area contributed by atoms with E-state index < -0.39 is 0 Å². The summed E-state index contributed by atoms with van der Waals surface area (Å²) in [5.41, 5.74) is 3.97. The van der Waals surface area contributed by atoms with E-state index in [4.69, 9.17) is 11.6 Å². The molecule has 0 radical (unpaired) electrons. The fraction of sp³-hybridized carbons (Fsp3) is 0.250. The molecular formula is C20H23ClN6. The average molecular weight is 383 g/mol. The van der Waals surface area contributed by atoms with Gasteiger partial charge in [-0.25, -0.2) is 0 Å². The van der Waals surface area contributed by atoms with Crippen molar-refractivity contribution in [3.8, 4) is 0 Å². The summed E-state index contributed by atoms with van der Waals surface area (Å²) in [6, 6.07) is 14.0. The Morgan fingerprint density at radius 3 is 2.33 bits per heavy atom. The molecule has 2 aromatic carbocycles. The van der Waals surface area contributed by atoms with Gasteiger partial charge in [0.1, 0.15) is 0 Å². The molecule has 27 heavy (non-hydrogen) atoms. The van der Waals surface area contributed by atoms with Gasteiger partial charge in [-0.05, 0) is 62.7 Å². The zero-order valence-electron chi connectivity index (χ0n) is 15.7. The highest BCUT2D eigenvalue weighted by molar-refractivity contribution is 6.31. The van der Waals surface area contributed by atoms with E-state index in [9.17, 15) is 0 Å². The molecule has 0 aliphatic heterocycles. The Bertz CT molecular complexity index is 893. The van der Waals surface area contributed by atoms with Crippen LogP contribution in [0, 0.1) is 6.92 Å². The summed E-state index contributed by atoms with van der Waals surface area (Å²) < 4.78 is 0. The smallest absolute Gasteiger partial charge is 0.249 e. The molecule has 0 spiro atoms. The first-order chi connectivity index (χ1) is 13.1. The summed E-state index contributed by atoms with van der Waals surface area (Å²) >= 11 is 6.16. The standard InChI is InChI=1S/C20H23ClN6/c1-4-27(5-2)17-10-8-15(9-11-17)23-19-13-22-26-20(25-19)24-16-7-6-14(3)18(21)12-16/h6-13H,4-5H2,1-3H3,(H2,23,24,25,26). The summed E-state index contributed by atoms with van der Waals surface area (Å²) in [5.74, 6) is 1.01. The van der Waals surface area contributed by atoms with Crippen LogP contribution < -0.4 is 15.5 Å². The Kier molecular flexibility index (Phi) is 6.08. The Hall–Kier alpha value is -2.86. The molecule has 0 saturated heterocycles. The lowest BCUT2D eigenvalue weighted by Crippen LogP contribution is -2.21. The third kappa shape index (κ3) is 4.86. The molecule has 6 nitrogen and oxygen atoms in total. The second-order valence-electron chi connectivity index (χ2n) is 6.10. The van der Waals surface area contributed by atoms with E-state index in [1.54, 1.807) is 6.20 Å². The van der Waals surface area contributed by atoms with Crippen LogP contribution in [0.4, 0.5) is 28.8 Å². The monoisotopic (exact) mass is 382 g/mol. The molecule has 2 N–H and O–H groups in total. The zero-order valence-corrected chi connectivity index (χ0v) is 16.5. The fourth-order valence-corrected chi connectivity index (χ4v) is 2.89. The van der Waals surface area contributed by atoms with Crippen LogP contribution in [0.5, 0.6) is 0 Å². The van der Waals surface area contributed by atoms with Gasteiger partial charge in [0.2, 0.25) is 5.95 Å². The van der Waals surface area contributed by atoms with Gasteiger partial charge in [-0.15, -0.1) is 5.10 Å². The second kappa shape index (κ2) is 8.68. The van der Waals surface area contributed by atoms with Gasteiger partial charge in [0.25, 0.3) is 0 Å². The molecule has 140 valence electrons. The van der Waals surface area contributed by atoms with Crippen LogP contribution in [0.1, 0.15) is 19.4 Å². The highest BCUT2D eigenvalue weighted by atomic mass is 35.5. The van der Waals surface area contributed by atoms with Crippen molar-refractivity contribution in [2.75, 3.05) is 28.6 Å². The van der Waals surface area contributed by atoms with E-state index in [0.29, 0.717) is 16.8 Å². The molecule has 0 aliphatic carbocycles. The number of aromatic nitrogens is 3. The van der Waals surface area contributed by atoms with E-state index in [2.05, 4.69) is 56.7 Å². The third-order valence-corrected chi connectivity index (χ3v) is 4.66. The lowest BCUT2D eigenvalue weighted by Gasteiger charge is -2.21. The predicted octanol–water partition coefficient (Wildman–Crippen LogP) is 5.17. The Labute approximate surface area is 164 Å². The Morgan fingerprint density at radius 1 is 0.963 bits per heavy atom. The van der Waals surface area contributed by atoms with Crippen LogP contribution in [0.25, 0.3) is 0 Å². The number of aryl methyl sites for hydroxylation is 1. The van der Waals surface area contributed by atoms with E-state index in [0.717, 1.165) is 30.0 Å². The fourth-order valence-electron chi connectivity index (χ4n) is 2.71. The zero-order chi connectivity index (χ0) is 19.2. The van der Waals surface area contributed by atoms with Crippen molar-refractivity contribution in [3.63, 3.8) is 0 Å². The molecule has 3 rings (SSSR count). The van der Waals surface area contributed by atoms with Crippen LogP contribution in [-0.2, 0) is 0 Å². The van der Waals surface area contributed by atoms with Crippen LogP contribution in [0.15, 0.2) is 48.7 Å². The van der Waals surface area contributed by atoms with Crippen molar-refractivity contribution in [1.29, 1.82) is 0 Å². The van der Waals surface area contributed by atoms with Gasteiger partial charge in [-0.1, -0.05) is 17.7 Å². The molecule has 7 heteroatoms. The molecule has 0 unspecified atom stereocenters. The van der Waals surface area contributed by atoms with Gasteiger partial charge in [-0.2, -0.15) is 10.1 Å². The van der Waals surface area contributed by atoms with Gasteiger partial charge in [0.05, 0.1) is 6.20 Å². The molecule has 0 fully saturated rings. The van der Waals surface area contributed by atoms with E-state index in [-0.39, 0.29) is 0 Å². The maximum atomic E-state index is 6.16. The summed E-state index contributed by atoms with van der Waals surface area (Å²) in [5, 5.41) is 15.1. The van der Waals surface area contributed by atoms with E-state index in [1.807, 2.05) is 37.3 Å². The van der Waals surface area contributed by atoms with Crippen molar-refractivity contribution in [2.45, 2.75) is 20.8 Å². The maximum Gasteiger partial charge on any atom is 0.249 e. The molecule has 1 aromatic heterocycles. The first-order valence-electron chi connectivity index (χ1n) is 8.94. The summed E-state index contributed by atoms with van der Waals surface area (Å²) in [6.07, 6.45) is 1.59. The minimum absolute atomic E-state index is 0.402. The number of nitrogens with zero attached hydrogens (tertiary/aromatic N) is 4. The highest BCUT2D eigenvalue weighted by Gasteiger charge is 2.05. The van der Waals surface area contributed by atoms with Gasteiger partial charge in [0.15, 0.2) is 5.82 Å². The first kappa shape index (κ1) is 18.9.